The second-order valence-corrected chi connectivity index (χ2v) is 11.2. The third-order valence-electron chi connectivity index (χ3n) is 6.52. The maximum Gasteiger partial charge on any atom is 0.243 e. The summed E-state index contributed by atoms with van der Waals surface area (Å²) in [5.41, 5.74) is 3.18. The number of benzene rings is 2. The van der Waals surface area contributed by atoms with Crippen LogP contribution in [0.4, 0.5) is 0 Å². The van der Waals surface area contributed by atoms with Crippen molar-refractivity contribution < 1.29 is 22.7 Å². The number of sulfonamides is 1. The van der Waals surface area contributed by atoms with E-state index in [-0.39, 0.29) is 29.3 Å². The van der Waals surface area contributed by atoms with Crippen molar-refractivity contribution in [3.8, 4) is 11.5 Å². The van der Waals surface area contributed by atoms with Gasteiger partial charge in [-0.25, -0.2) is 8.42 Å². The van der Waals surface area contributed by atoms with Gasteiger partial charge in [-0.3, -0.25) is 4.79 Å². The molecular formula is C26H36N2O5S. The van der Waals surface area contributed by atoms with Gasteiger partial charge in [0, 0.05) is 13.1 Å². The van der Waals surface area contributed by atoms with Crippen LogP contribution >= 0.6 is 0 Å². The summed E-state index contributed by atoms with van der Waals surface area (Å²) in [7, 11) is -0.476. The van der Waals surface area contributed by atoms with E-state index in [1.165, 1.54) is 11.4 Å². The average molecular weight is 489 g/mol. The standard InChI is InChI=1S/C26H36N2O5S/c1-17(2)23-15-24(18(3)14-25(23)33-6)19(4)27-26(29)20-8-7-13-28(16-20)34(30,31)22-11-9-21(32-5)10-12-22/h9-12,14-15,17,19-20H,7-8,13,16H2,1-6H3,(H,27,29)/t19-,20+/m1/s1. The Morgan fingerprint density at radius 1 is 1.06 bits per heavy atom. The number of nitrogens with zero attached hydrogens (tertiary/aromatic N) is 1. The van der Waals surface area contributed by atoms with E-state index in [2.05, 4.69) is 25.2 Å². The third-order valence-corrected chi connectivity index (χ3v) is 8.40. The van der Waals surface area contributed by atoms with E-state index in [4.69, 9.17) is 9.47 Å². The summed E-state index contributed by atoms with van der Waals surface area (Å²) in [5.74, 6) is 1.21. The first-order valence-corrected chi connectivity index (χ1v) is 13.2. The average Bonchev–Trinajstić information content (AvgIpc) is 2.83. The van der Waals surface area contributed by atoms with Crippen molar-refractivity contribution in [2.45, 2.75) is 57.4 Å². The van der Waals surface area contributed by atoms with Gasteiger partial charge in [-0.05, 0) is 85.7 Å². The fourth-order valence-electron chi connectivity index (χ4n) is 4.49. The van der Waals surface area contributed by atoms with Gasteiger partial charge >= 0.3 is 0 Å². The molecule has 1 saturated heterocycles. The van der Waals surface area contributed by atoms with Crippen LogP contribution in [0.25, 0.3) is 0 Å². The van der Waals surface area contributed by atoms with Gasteiger partial charge in [-0.1, -0.05) is 13.8 Å². The highest BCUT2D eigenvalue weighted by Crippen LogP contribution is 2.32. The summed E-state index contributed by atoms with van der Waals surface area (Å²) in [6.45, 7) is 8.77. The molecule has 0 aromatic heterocycles. The van der Waals surface area contributed by atoms with E-state index in [0.717, 1.165) is 22.4 Å². The van der Waals surface area contributed by atoms with Crippen LogP contribution in [0, 0.1) is 12.8 Å². The molecule has 186 valence electrons. The highest BCUT2D eigenvalue weighted by atomic mass is 32.2. The van der Waals surface area contributed by atoms with Crippen LogP contribution in [0.3, 0.4) is 0 Å². The summed E-state index contributed by atoms with van der Waals surface area (Å²) in [6.07, 6.45) is 1.30. The minimum atomic E-state index is -3.68. The van der Waals surface area contributed by atoms with E-state index < -0.39 is 15.9 Å². The second kappa shape index (κ2) is 10.8. The van der Waals surface area contributed by atoms with Gasteiger partial charge in [-0.2, -0.15) is 4.31 Å². The molecule has 1 N–H and O–H groups in total. The summed E-state index contributed by atoms with van der Waals surface area (Å²) >= 11 is 0. The Kier molecular flexibility index (Phi) is 8.25. The minimum absolute atomic E-state index is 0.122. The van der Waals surface area contributed by atoms with Crippen molar-refractivity contribution in [3.05, 3.63) is 53.1 Å². The maximum atomic E-state index is 13.2. The quantitative estimate of drug-likeness (QED) is 0.595. The Hall–Kier alpha value is -2.58. The third kappa shape index (κ3) is 5.55. The van der Waals surface area contributed by atoms with Gasteiger partial charge in [0.2, 0.25) is 15.9 Å². The van der Waals surface area contributed by atoms with Crippen LogP contribution in [0.5, 0.6) is 11.5 Å². The van der Waals surface area contributed by atoms with Gasteiger partial charge in [0.1, 0.15) is 11.5 Å². The number of piperidine rings is 1. The molecule has 1 aliphatic heterocycles. The smallest absolute Gasteiger partial charge is 0.243 e. The van der Waals surface area contributed by atoms with Gasteiger partial charge in [-0.15, -0.1) is 0 Å². The molecule has 0 saturated carbocycles. The van der Waals surface area contributed by atoms with Crippen LogP contribution < -0.4 is 14.8 Å². The summed E-state index contributed by atoms with van der Waals surface area (Å²) < 4.78 is 38.4. The summed E-state index contributed by atoms with van der Waals surface area (Å²) in [5, 5.41) is 3.12. The zero-order chi connectivity index (χ0) is 25.0. The lowest BCUT2D eigenvalue weighted by molar-refractivity contribution is -0.126. The van der Waals surface area contributed by atoms with Gasteiger partial charge < -0.3 is 14.8 Å². The minimum Gasteiger partial charge on any atom is -0.497 e. The molecule has 1 heterocycles. The molecular weight excluding hydrogens is 452 g/mol. The van der Waals surface area contributed by atoms with Crippen molar-refractivity contribution in [2.24, 2.45) is 5.92 Å². The van der Waals surface area contributed by atoms with Crippen molar-refractivity contribution >= 4 is 15.9 Å². The van der Waals surface area contributed by atoms with Crippen molar-refractivity contribution in [1.29, 1.82) is 0 Å². The first kappa shape index (κ1) is 26.0. The molecule has 0 radical (unpaired) electrons. The second-order valence-electron chi connectivity index (χ2n) is 9.21. The SMILES string of the molecule is COc1ccc(S(=O)(=O)N2CCC[C@H](C(=O)N[C@H](C)c3cc(C(C)C)c(OC)cc3C)C2)cc1. The van der Waals surface area contributed by atoms with Crippen molar-refractivity contribution in [1.82, 2.24) is 9.62 Å². The Balaban J connectivity index is 1.73. The summed E-state index contributed by atoms with van der Waals surface area (Å²) in [6, 6.07) is 10.3. The van der Waals surface area contributed by atoms with E-state index in [9.17, 15) is 13.2 Å². The number of nitrogens with one attached hydrogen (secondary N) is 1. The molecule has 1 amide bonds. The molecule has 7 nitrogen and oxygen atoms in total. The summed E-state index contributed by atoms with van der Waals surface area (Å²) in [4.78, 5) is 13.4. The van der Waals surface area contributed by atoms with E-state index in [1.807, 2.05) is 19.9 Å². The van der Waals surface area contributed by atoms with Crippen molar-refractivity contribution in [2.75, 3.05) is 27.3 Å². The molecule has 1 aliphatic rings. The molecule has 0 bridgehead atoms. The fraction of sp³-hybridized carbons (Fsp3) is 0.500. The monoisotopic (exact) mass is 488 g/mol. The largest absolute Gasteiger partial charge is 0.497 e. The number of hydrogen-bond donors (Lipinski definition) is 1. The van der Waals surface area contributed by atoms with Crippen LogP contribution in [0.2, 0.25) is 0 Å². The van der Waals surface area contributed by atoms with E-state index in [1.54, 1.807) is 31.4 Å². The Morgan fingerprint density at radius 2 is 1.74 bits per heavy atom. The number of methoxy groups -OCH3 is 2. The first-order valence-electron chi connectivity index (χ1n) is 11.7. The van der Waals surface area contributed by atoms with Gasteiger partial charge in [0.15, 0.2) is 0 Å². The Labute approximate surface area is 203 Å². The lowest BCUT2D eigenvalue weighted by Gasteiger charge is -2.32. The molecule has 8 heteroatoms. The number of hydrogen-bond acceptors (Lipinski definition) is 5. The Bertz CT molecular complexity index is 1110. The number of carbonyl (C=O) groups is 1. The molecule has 2 atom stereocenters. The highest BCUT2D eigenvalue weighted by Gasteiger charge is 2.34. The Morgan fingerprint density at radius 3 is 2.32 bits per heavy atom. The molecule has 3 rings (SSSR count). The topological polar surface area (TPSA) is 84.9 Å². The number of rotatable bonds is 8. The fourth-order valence-corrected chi connectivity index (χ4v) is 6.01. The molecule has 0 spiro atoms. The normalized spacial score (nSPS) is 17.9. The van der Waals surface area contributed by atoms with Crippen LogP contribution in [-0.2, 0) is 14.8 Å². The molecule has 0 unspecified atom stereocenters. The molecule has 2 aromatic carbocycles. The number of carbonyl (C=O) groups excluding carboxylic acids is 1. The predicted molar refractivity (Wildman–Crippen MR) is 133 cm³/mol. The van der Waals surface area contributed by atoms with Crippen LogP contribution in [0.15, 0.2) is 41.3 Å². The lowest BCUT2D eigenvalue weighted by atomic mass is 9.92. The maximum absolute atomic E-state index is 13.2. The number of aryl methyl sites for hydroxylation is 1. The zero-order valence-electron chi connectivity index (χ0n) is 20.9. The first-order chi connectivity index (χ1) is 16.1. The highest BCUT2D eigenvalue weighted by molar-refractivity contribution is 7.89. The molecule has 0 aliphatic carbocycles. The predicted octanol–water partition coefficient (Wildman–Crippen LogP) is 4.41. The lowest BCUT2D eigenvalue weighted by Crippen LogP contribution is -2.45. The number of ether oxygens (including phenoxy) is 2. The van der Waals surface area contributed by atoms with Crippen LogP contribution in [0.1, 0.15) is 62.3 Å². The van der Waals surface area contributed by atoms with E-state index >= 15 is 0 Å². The van der Waals surface area contributed by atoms with Gasteiger partial charge in [0.05, 0.1) is 31.1 Å². The zero-order valence-corrected chi connectivity index (χ0v) is 21.7. The van der Waals surface area contributed by atoms with Crippen molar-refractivity contribution in [3.63, 3.8) is 0 Å². The van der Waals surface area contributed by atoms with Gasteiger partial charge in [0.25, 0.3) is 0 Å². The molecule has 2 aromatic rings. The molecule has 34 heavy (non-hydrogen) atoms. The van der Waals surface area contributed by atoms with Crippen LogP contribution in [-0.4, -0.2) is 45.9 Å². The molecule has 1 fully saturated rings. The number of amides is 1. The van der Waals surface area contributed by atoms with E-state index in [0.29, 0.717) is 25.1 Å².